The number of likely N-dealkylation sites (tertiary alicyclic amines) is 1. The van der Waals surface area contributed by atoms with Gasteiger partial charge in [0.2, 0.25) is 5.91 Å². The molecule has 22 heavy (non-hydrogen) atoms. The SMILES string of the molecule is CC(N)C(=O)N1CCC(C)C1c1ccc(C(F)(F)F)cc1.Cl. The summed E-state index contributed by atoms with van der Waals surface area (Å²) in [5, 5.41) is 0. The molecule has 0 aromatic heterocycles. The van der Waals surface area contributed by atoms with E-state index in [4.69, 9.17) is 5.73 Å². The molecule has 0 saturated carbocycles. The lowest BCUT2D eigenvalue weighted by Crippen LogP contribution is -2.42. The number of alkyl halides is 3. The third kappa shape index (κ3) is 3.73. The zero-order valence-corrected chi connectivity index (χ0v) is 13.2. The monoisotopic (exact) mass is 336 g/mol. The second-order valence-corrected chi connectivity index (χ2v) is 5.65. The Morgan fingerprint density at radius 2 is 1.86 bits per heavy atom. The lowest BCUT2D eigenvalue weighted by atomic mass is 9.94. The van der Waals surface area contributed by atoms with Gasteiger partial charge in [-0.25, -0.2) is 0 Å². The molecule has 1 amide bonds. The van der Waals surface area contributed by atoms with Crippen LogP contribution in [0.15, 0.2) is 24.3 Å². The van der Waals surface area contributed by atoms with E-state index in [1.54, 1.807) is 11.8 Å². The summed E-state index contributed by atoms with van der Waals surface area (Å²) in [4.78, 5) is 13.8. The van der Waals surface area contributed by atoms with Gasteiger partial charge in [0.15, 0.2) is 0 Å². The van der Waals surface area contributed by atoms with Gasteiger partial charge in [0.25, 0.3) is 0 Å². The van der Waals surface area contributed by atoms with Crippen LogP contribution >= 0.6 is 12.4 Å². The topological polar surface area (TPSA) is 46.3 Å². The van der Waals surface area contributed by atoms with Crippen LogP contribution in [0.1, 0.15) is 37.4 Å². The molecule has 2 N–H and O–H groups in total. The molecule has 1 aliphatic heterocycles. The first kappa shape index (κ1) is 18.8. The second kappa shape index (κ2) is 6.87. The van der Waals surface area contributed by atoms with Crippen molar-refractivity contribution in [1.29, 1.82) is 0 Å². The summed E-state index contributed by atoms with van der Waals surface area (Å²) in [5.74, 6) is 0.0358. The molecule has 1 fully saturated rings. The van der Waals surface area contributed by atoms with Crippen molar-refractivity contribution in [3.05, 3.63) is 35.4 Å². The maximum Gasteiger partial charge on any atom is 0.416 e. The van der Waals surface area contributed by atoms with E-state index < -0.39 is 17.8 Å². The first-order valence-corrected chi connectivity index (χ1v) is 6.95. The minimum atomic E-state index is -4.35. The normalized spacial score (nSPS) is 23.1. The predicted octanol–water partition coefficient (Wildman–Crippen LogP) is 3.38. The fourth-order valence-corrected chi connectivity index (χ4v) is 2.83. The van der Waals surface area contributed by atoms with Gasteiger partial charge in [-0.05, 0) is 37.0 Å². The van der Waals surface area contributed by atoms with E-state index in [1.807, 2.05) is 6.92 Å². The Morgan fingerprint density at radius 3 is 2.32 bits per heavy atom. The molecule has 0 aliphatic carbocycles. The highest BCUT2D eigenvalue weighted by Gasteiger charge is 2.37. The number of halogens is 4. The zero-order valence-electron chi connectivity index (χ0n) is 12.4. The molecule has 1 aliphatic rings. The standard InChI is InChI=1S/C15H19F3N2O.ClH/c1-9-7-8-20(14(21)10(2)19)13(9)11-3-5-12(6-4-11)15(16,17)18;/h3-6,9-10,13H,7-8,19H2,1-2H3;1H. The largest absolute Gasteiger partial charge is 0.416 e. The summed E-state index contributed by atoms with van der Waals surface area (Å²) in [6.45, 7) is 4.21. The molecule has 3 nitrogen and oxygen atoms in total. The quantitative estimate of drug-likeness (QED) is 0.900. The highest BCUT2D eigenvalue weighted by molar-refractivity contribution is 5.85. The summed E-state index contributed by atoms with van der Waals surface area (Å²) in [6.07, 6.45) is -3.52. The zero-order chi connectivity index (χ0) is 15.8. The molecule has 0 radical (unpaired) electrons. The van der Waals surface area contributed by atoms with Gasteiger partial charge in [-0.2, -0.15) is 13.2 Å². The van der Waals surface area contributed by atoms with E-state index in [2.05, 4.69) is 0 Å². The Hall–Kier alpha value is -1.27. The molecule has 3 unspecified atom stereocenters. The molecule has 1 aromatic rings. The molecule has 3 atom stereocenters. The van der Waals surface area contributed by atoms with E-state index in [-0.39, 0.29) is 30.3 Å². The molecular formula is C15H20ClF3N2O. The third-order valence-electron chi connectivity index (χ3n) is 3.95. The summed E-state index contributed by atoms with van der Waals surface area (Å²) in [7, 11) is 0. The van der Waals surface area contributed by atoms with Crippen molar-refractivity contribution in [2.75, 3.05) is 6.54 Å². The van der Waals surface area contributed by atoms with Crippen molar-refractivity contribution in [2.24, 2.45) is 11.7 Å². The van der Waals surface area contributed by atoms with Crippen LogP contribution in [0.25, 0.3) is 0 Å². The Kier molecular flexibility index (Phi) is 5.87. The molecule has 1 heterocycles. The molecule has 0 spiro atoms. The van der Waals surface area contributed by atoms with Crippen LogP contribution in [-0.4, -0.2) is 23.4 Å². The maximum absolute atomic E-state index is 12.6. The van der Waals surface area contributed by atoms with Gasteiger partial charge in [0.1, 0.15) is 0 Å². The summed E-state index contributed by atoms with van der Waals surface area (Å²) < 4.78 is 37.8. The molecule has 2 rings (SSSR count). The molecule has 1 aromatic carbocycles. The number of nitrogens with zero attached hydrogens (tertiary/aromatic N) is 1. The fourth-order valence-electron chi connectivity index (χ4n) is 2.83. The minimum absolute atomic E-state index is 0. The van der Waals surface area contributed by atoms with E-state index in [0.717, 1.165) is 24.1 Å². The van der Waals surface area contributed by atoms with Gasteiger partial charge >= 0.3 is 6.18 Å². The predicted molar refractivity (Wildman–Crippen MR) is 80.6 cm³/mol. The average molecular weight is 337 g/mol. The summed E-state index contributed by atoms with van der Waals surface area (Å²) in [5.41, 5.74) is 5.69. The second-order valence-electron chi connectivity index (χ2n) is 5.65. The van der Waals surface area contributed by atoms with E-state index >= 15 is 0 Å². The molecular weight excluding hydrogens is 317 g/mol. The van der Waals surface area contributed by atoms with Crippen LogP contribution in [0, 0.1) is 5.92 Å². The van der Waals surface area contributed by atoms with Crippen LogP contribution in [0.4, 0.5) is 13.2 Å². The lowest BCUT2D eigenvalue weighted by molar-refractivity contribution is -0.137. The van der Waals surface area contributed by atoms with Crippen molar-refractivity contribution in [3.8, 4) is 0 Å². The van der Waals surface area contributed by atoms with Crippen LogP contribution < -0.4 is 5.73 Å². The molecule has 124 valence electrons. The number of rotatable bonds is 2. The lowest BCUT2D eigenvalue weighted by Gasteiger charge is -2.29. The van der Waals surface area contributed by atoms with E-state index in [1.165, 1.54) is 12.1 Å². The number of carbonyl (C=O) groups excluding carboxylic acids is 1. The smallest absolute Gasteiger partial charge is 0.334 e. The Labute approximate surface area is 134 Å². The van der Waals surface area contributed by atoms with E-state index in [9.17, 15) is 18.0 Å². The third-order valence-corrected chi connectivity index (χ3v) is 3.95. The molecule has 1 saturated heterocycles. The average Bonchev–Trinajstić information content (AvgIpc) is 2.78. The van der Waals surface area contributed by atoms with Crippen LogP contribution in [0.3, 0.4) is 0 Å². The number of amides is 1. The van der Waals surface area contributed by atoms with Gasteiger partial charge in [0.05, 0.1) is 17.6 Å². The van der Waals surface area contributed by atoms with Gasteiger partial charge < -0.3 is 10.6 Å². The van der Waals surface area contributed by atoms with Crippen molar-refractivity contribution in [3.63, 3.8) is 0 Å². The number of nitrogens with two attached hydrogens (primary N) is 1. The van der Waals surface area contributed by atoms with Crippen molar-refractivity contribution in [1.82, 2.24) is 4.90 Å². The highest BCUT2D eigenvalue weighted by Crippen LogP contribution is 2.38. The van der Waals surface area contributed by atoms with Gasteiger partial charge in [0, 0.05) is 6.54 Å². The van der Waals surface area contributed by atoms with Crippen molar-refractivity contribution in [2.45, 2.75) is 38.5 Å². The van der Waals surface area contributed by atoms with Crippen LogP contribution in [0.2, 0.25) is 0 Å². The molecule has 7 heteroatoms. The fraction of sp³-hybridized carbons (Fsp3) is 0.533. The summed E-state index contributed by atoms with van der Waals surface area (Å²) in [6, 6.07) is 4.23. The Balaban J connectivity index is 0.00000242. The van der Waals surface area contributed by atoms with E-state index in [0.29, 0.717) is 6.54 Å². The minimum Gasteiger partial charge on any atom is -0.334 e. The molecule has 0 bridgehead atoms. The van der Waals surface area contributed by atoms with Gasteiger partial charge in [-0.3, -0.25) is 4.79 Å². The number of hydrogen-bond acceptors (Lipinski definition) is 2. The first-order chi connectivity index (χ1) is 9.71. The van der Waals surface area contributed by atoms with Crippen molar-refractivity contribution >= 4 is 18.3 Å². The van der Waals surface area contributed by atoms with Crippen molar-refractivity contribution < 1.29 is 18.0 Å². The van der Waals surface area contributed by atoms with Crippen LogP contribution in [0.5, 0.6) is 0 Å². The van der Waals surface area contributed by atoms with Crippen LogP contribution in [-0.2, 0) is 11.0 Å². The maximum atomic E-state index is 12.6. The summed E-state index contributed by atoms with van der Waals surface area (Å²) >= 11 is 0. The highest BCUT2D eigenvalue weighted by atomic mass is 35.5. The Morgan fingerprint density at radius 1 is 1.32 bits per heavy atom. The Bertz CT molecular complexity index is 517. The van der Waals surface area contributed by atoms with Gasteiger partial charge in [-0.15, -0.1) is 12.4 Å². The number of benzene rings is 1. The van der Waals surface area contributed by atoms with Gasteiger partial charge in [-0.1, -0.05) is 19.1 Å². The number of hydrogen-bond donors (Lipinski definition) is 1. The first-order valence-electron chi connectivity index (χ1n) is 6.95. The number of carbonyl (C=O) groups is 1.